The predicted molar refractivity (Wildman–Crippen MR) is 78.8 cm³/mol. The van der Waals surface area contributed by atoms with Crippen molar-refractivity contribution < 1.29 is 47.5 Å². The second-order valence-electron chi connectivity index (χ2n) is 5.38. The van der Waals surface area contributed by atoms with Crippen LogP contribution in [0.4, 0.5) is 9.59 Å². The molecular weight excluding hydrogens is 340 g/mol. The van der Waals surface area contributed by atoms with E-state index in [0.29, 0.717) is 0 Å². The highest BCUT2D eigenvalue weighted by Gasteiger charge is 2.51. The number of ether oxygens (including phenoxy) is 7. The molecule has 0 N–H and O–H groups in total. The molecule has 0 bridgehead atoms. The Labute approximate surface area is 143 Å². The zero-order valence-electron chi connectivity index (χ0n) is 13.9. The van der Waals surface area contributed by atoms with Crippen molar-refractivity contribution in [3.63, 3.8) is 0 Å². The molecule has 2 rings (SSSR count). The van der Waals surface area contributed by atoms with Gasteiger partial charge in [-0.25, -0.2) is 14.4 Å². The van der Waals surface area contributed by atoms with Gasteiger partial charge >= 0.3 is 18.3 Å². The average molecular weight is 360 g/mol. The molecule has 25 heavy (non-hydrogen) atoms. The van der Waals surface area contributed by atoms with E-state index in [-0.39, 0.29) is 32.0 Å². The summed E-state index contributed by atoms with van der Waals surface area (Å²) in [5.41, 5.74) is 0.249. The molecule has 0 radical (unpaired) electrons. The van der Waals surface area contributed by atoms with Crippen molar-refractivity contribution in [3.05, 3.63) is 12.2 Å². The van der Waals surface area contributed by atoms with Gasteiger partial charge in [0.1, 0.15) is 25.4 Å². The molecule has 140 valence electrons. The number of carbonyl (C=O) groups excluding carboxylic acids is 3. The van der Waals surface area contributed by atoms with Crippen molar-refractivity contribution in [2.75, 3.05) is 33.5 Å². The summed E-state index contributed by atoms with van der Waals surface area (Å²) in [5, 5.41) is 0. The molecule has 0 aliphatic carbocycles. The number of hydrogen-bond acceptors (Lipinski definition) is 10. The molecule has 2 aliphatic heterocycles. The predicted octanol–water partition coefficient (Wildman–Crippen LogP) is 0.577. The molecule has 2 aliphatic rings. The highest BCUT2D eigenvalue weighted by molar-refractivity contribution is 5.86. The first kappa shape index (κ1) is 19.0. The Morgan fingerprint density at radius 1 is 0.960 bits per heavy atom. The number of fused-ring (bicyclic) bond motifs is 1. The molecule has 0 saturated carbocycles. The Bertz CT molecular complexity index is 530. The van der Waals surface area contributed by atoms with E-state index in [4.69, 9.17) is 28.4 Å². The van der Waals surface area contributed by atoms with E-state index >= 15 is 0 Å². The minimum absolute atomic E-state index is 0.0795. The maximum Gasteiger partial charge on any atom is 0.508 e. The fourth-order valence-corrected chi connectivity index (χ4v) is 2.34. The summed E-state index contributed by atoms with van der Waals surface area (Å²) in [6, 6.07) is 0. The first-order valence-electron chi connectivity index (χ1n) is 7.56. The molecule has 0 aromatic rings. The topological polar surface area (TPSA) is 116 Å². The molecule has 2 fully saturated rings. The number of carbonyl (C=O) groups is 3. The van der Waals surface area contributed by atoms with Crippen molar-refractivity contribution in [2.24, 2.45) is 0 Å². The quantitative estimate of drug-likeness (QED) is 0.288. The van der Waals surface area contributed by atoms with Gasteiger partial charge in [0.2, 0.25) is 0 Å². The molecule has 10 heteroatoms. The van der Waals surface area contributed by atoms with E-state index in [0.717, 1.165) is 0 Å². The Morgan fingerprint density at radius 3 is 2.00 bits per heavy atom. The molecule has 0 spiro atoms. The van der Waals surface area contributed by atoms with E-state index < -0.39 is 42.7 Å². The third-order valence-corrected chi connectivity index (χ3v) is 3.51. The van der Waals surface area contributed by atoms with Gasteiger partial charge in [0.15, 0.2) is 12.2 Å². The van der Waals surface area contributed by atoms with Crippen molar-refractivity contribution in [1.82, 2.24) is 0 Å². The van der Waals surface area contributed by atoms with Gasteiger partial charge in [-0.1, -0.05) is 6.58 Å². The van der Waals surface area contributed by atoms with Crippen molar-refractivity contribution >= 4 is 18.3 Å². The Kier molecular flexibility index (Phi) is 6.59. The van der Waals surface area contributed by atoms with E-state index in [2.05, 4.69) is 11.3 Å². The normalized spacial score (nSPS) is 27.1. The Balaban J connectivity index is 1.69. The molecule has 0 amide bonds. The van der Waals surface area contributed by atoms with Gasteiger partial charge in [0.25, 0.3) is 0 Å². The Hall–Kier alpha value is -2.33. The van der Waals surface area contributed by atoms with Crippen LogP contribution in [0.1, 0.15) is 6.92 Å². The van der Waals surface area contributed by atoms with Gasteiger partial charge in [-0.3, -0.25) is 0 Å². The minimum atomic E-state index is -0.943. The van der Waals surface area contributed by atoms with Crippen LogP contribution < -0.4 is 0 Å². The highest BCUT2D eigenvalue weighted by atomic mass is 16.8. The van der Waals surface area contributed by atoms with E-state index in [1.54, 1.807) is 0 Å². The molecular formula is C15H20O10. The largest absolute Gasteiger partial charge is 0.508 e. The average Bonchev–Trinajstić information content (AvgIpc) is 3.15. The van der Waals surface area contributed by atoms with E-state index in [9.17, 15) is 14.4 Å². The van der Waals surface area contributed by atoms with Gasteiger partial charge in [0, 0.05) is 5.57 Å². The number of hydrogen-bond donors (Lipinski definition) is 0. The van der Waals surface area contributed by atoms with Crippen LogP contribution in [-0.4, -0.2) is 76.2 Å². The lowest BCUT2D eigenvalue weighted by Crippen LogP contribution is -2.36. The first-order valence-corrected chi connectivity index (χ1v) is 7.56. The molecule has 0 aromatic heterocycles. The summed E-state index contributed by atoms with van der Waals surface area (Å²) >= 11 is 0. The zero-order valence-corrected chi connectivity index (χ0v) is 13.9. The summed E-state index contributed by atoms with van der Waals surface area (Å²) in [4.78, 5) is 34.0. The Morgan fingerprint density at radius 2 is 1.48 bits per heavy atom. The lowest BCUT2D eigenvalue weighted by atomic mass is 10.1. The lowest BCUT2D eigenvalue weighted by Gasteiger charge is -2.16. The first-order chi connectivity index (χ1) is 11.9. The van der Waals surface area contributed by atoms with Crippen LogP contribution in [0.3, 0.4) is 0 Å². The van der Waals surface area contributed by atoms with Gasteiger partial charge in [-0.15, -0.1) is 0 Å². The minimum Gasteiger partial charge on any atom is -0.459 e. The van der Waals surface area contributed by atoms with Gasteiger partial charge in [-0.05, 0) is 6.92 Å². The van der Waals surface area contributed by atoms with Crippen LogP contribution in [0.5, 0.6) is 0 Å². The van der Waals surface area contributed by atoms with Gasteiger partial charge in [-0.2, -0.15) is 0 Å². The van der Waals surface area contributed by atoms with Crippen LogP contribution in [0.25, 0.3) is 0 Å². The van der Waals surface area contributed by atoms with Crippen molar-refractivity contribution in [3.8, 4) is 0 Å². The molecule has 2 unspecified atom stereocenters. The lowest BCUT2D eigenvalue weighted by molar-refractivity contribution is -0.140. The number of methoxy groups -OCH3 is 1. The number of rotatable bonds is 6. The molecule has 10 nitrogen and oxygen atoms in total. The molecule has 0 aromatic carbocycles. The molecule has 2 heterocycles. The molecule has 2 saturated heterocycles. The maximum absolute atomic E-state index is 11.7. The monoisotopic (exact) mass is 360 g/mol. The maximum atomic E-state index is 11.7. The van der Waals surface area contributed by atoms with Crippen LogP contribution in [0.2, 0.25) is 0 Å². The summed E-state index contributed by atoms with van der Waals surface area (Å²) in [6.45, 7) is 4.85. The smallest absolute Gasteiger partial charge is 0.459 e. The number of esters is 1. The standard InChI is InChI=1S/C15H20O10/c1-8(2)13(16)20-4-5-21-15(18)25-10-7-23-11-9(6-22-12(10)11)24-14(17)19-3/h9-12H,1,4-7H2,2-3H3/t9?,10-,11+,12?/m0/s1. The summed E-state index contributed by atoms with van der Waals surface area (Å²) in [5.74, 6) is -0.569. The van der Waals surface area contributed by atoms with Crippen LogP contribution in [0, 0.1) is 0 Å². The summed E-state index contributed by atoms with van der Waals surface area (Å²) in [7, 11) is 1.20. The highest BCUT2D eigenvalue weighted by Crippen LogP contribution is 2.30. The fourth-order valence-electron chi connectivity index (χ4n) is 2.34. The van der Waals surface area contributed by atoms with Crippen LogP contribution >= 0.6 is 0 Å². The summed E-state index contributed by atoms with van der Waals surface area (Å²) < 4.78 is 35.1. The van der Waals surface area contributed by atoms with Crippen molar-refractivity contribution in [1.29, 1.82) is 0 Å². The van der Waals surface area contributed by atoms with E-state index in [1.165, 1.54) is 14.0 Å². The second kappa shape index (κ2) is 8.67. The van der Waals surface area contributed by atoms with Crippen molar-refractivity contribution in [2.45, 2.75) is 31.3 Å². The SMILES string of the molecule is C=C(C)C(=O)OCCOC(=O)O[C@H]1CO[C@@H]2C(OC(=O)OC)COC21. The fraction of sp³-hybridized carbons (Fsp3) is 0.667. The van der Waals surface area contributed by atoms with Gasteiger partial charge in [0.05, 0.1) is 20.3 Å². The third kappa shape index (κ3) is 5.07. The zero-order chi connectivity index (χ0) is 18.4. The second-order valence-corrected chi connectivity index (χ2v) is 5.38. The van der Waals surface area contributed by atoms with Crippen LogP contribution in [-0.2, 0) is 38.0 Å². The summed E-state index contributed by atoms with van der Waals surface area (Å²) in [6.07, 6.45) is -4.23. The van der Waals surface area contributed by atoms with E-state index in [1.807, 2.05) is 0 Å². The van der Waals surface area contributed by atoms with Gasteiger partial charge < -0.3 is 33.2 Å². The van der Waals surface area contributed by atoms with Crippen LogP contribution in [0.15, 0.2) is 12.2 Å². The molecule has 4 atom stereocenters. The third-order valence-electron chi connectivity index (χ3n) is 3.51.